The summed E-state index contributed by atoms with van der Waals surface area (Å²) in [6.07, 6.45) is 1.42. The molecular weight excluding hydrogens is 168 g/mol. The molecule has 0 aromatic heterocycles. The van der Waals surface area contributed by atoms with Gasteiger partial charge in [-0.1, -0.05) is 0 Å². The SMILES string of the molecule is CN(C)CC(=O)N1CCC[C@H](O)C1. The quantitative estimate of drug-likeness (QED) is 0.634. The summed E-state index contributed by atoms with van der Waals surface area (Å²) in [5.41, 5.74) is 0. The lowest BCUT2D eigenvalue weighted by molar-refractivity contribution is -0.134. The molecule has 0 unspecified atom stereocenters. The normalized spacial score (nSPS) is 23.7. The van der Waals surface area contributed by atoms with E-state index in [1.54, 1.807) is 4.90 Å². The van der Waals surface area contributed by atoms with Gasteiger partial charge in [0.15, 0.2) is 0 Å². The van der Waals surface area contributed by atoms with Crippen LogP contribution in [0.4, 0.5) is 0 Å². The molecule has 1 N–H and O–H groups in total. The van der Waals surface area contributed by atoms with Gasteiger partial charge in [-0.3, -0.25) is 4.79 Å². The van der Waals surface area contributed by atoms with Crippen LogP contribution in [0.2, 0.25) is 0 Å². The van der Waals surface area contributed by atoms with Crippen LogP contribution < -0.4 is 0 Å². The summed E-state index contributed by atoms with van der Waals surface area (Å²) in [7, 11) is 3.75. The Morgan fingerprint density at radius 3 is 2.85 bits per heavy atom. The van der Waals surface area contributed by atoms with Crippen molar-refractivity contribution in [2.75, 3.05) is 33.7 Å². The molecule has 1 aliphatic heterocycles. The number of likely N-dealkylation sites (tertiary alicyclic amines) is 1. The minimum absolute atomic E-state index is 0.115. The summed E-state index contributed by atoms with van der Waals surface area (Å²) in [5, 5.41) is 9.36. The molecule has 0 spiro atoms. The molecule has 1 aliphatic rings. The monoisotopic (exact) mass is 186 g/mol. The van der Waals surface area contributed by atoms with Crippen molar-refractivity contribution in [2.45, 2.75) is 18.9 Å². The first-order valence-electron chi connectivity index (χ1n) is 4.70. The number of aliphatic hydroxyl groups is 1. The van der Waals surface area contributed by atoms with Gasteiger partial charge in [0.1, 0.15) is 0 Å². The molecule has 0 aromatic carbocycles. The van der Waals surface area contributed by atoms with E-state index < -0.39 is 0 Å². The van der Waals surface area contributed by atoms with Crippen LogP contribution in [-0.4, -0.2) is 60.6 Å². The maximum Gasteiger partial charge on any atom is 0.236 e. The summed E-state index contributed by atoms with van der Waals surface area (Å²) in [6, 6.07) is 0. The highest BCUT2D eigenvalue weighted by Crippen LogP contribution is 2.09. The van der Waals surface area contributed by atoms with E-state index in [2.05, 4.69) is 0 Å². The molecule has 0 aromatic rings. The summed E-state index contributed by atoms with van der Waals surface area (Å²) >= 11 is 0. The van der Waals surface area contributed by atoms with E-state index in [4.69, 9.17) is 0 Å². The molecule has 0 radical (unpaired) electrons. The largest absolute Gasteiger partial charge is 0.391 e. The van der Waals surface area contributed by atoms with Crippen LogP contribution in [0.1, 0.15) is 12.8 Å². The number of likely N-dealkylation sites (N-methyl/N-ethyl adjacent to an activating group) is 1. The van der Waals surface area contributed by atoms with Crippen molar-refractivity contribution < 1.29 is 9.90 Å². The van der Waals surface area contributed by atoms with Crippen molar-refractivity contribution >= 4 is 5.91 Å². The zero-order chi connectivity index (χ0) is 9.84. The Balaban J connectivity index is 2.37. The van der Waals surface area contributed by atoms with Crippen LogP contribution in [-0.2, 0) is 4.79 Å². The predicted molar refractivity (Wildman–Crippen MR) is 50.4 cm³/mol. The van der Waals surface area contributed by atoms with Gasteiger partial charge in [-0.05, 0) is 26.9 Å². The molecule has 13 heavy (non-hydrogen) atoms. The second-order valence-electron chi connectivity index (χ2n) is 3.87. The molecular formula is C9H18N2O2. The molecule has 1 atom stereocenters. The van der Waals surface area contributed by atoms with Gasteiger partial charge in [-0.2, -0.15) is 0 Å². The van der Waals surface area contributed by atoms with Gasteiger partial charge in [0, 0.05) is 13.1 Å². The van der Waals surface area contributed by atoms with Gasteiger partial charge in [0.25, 0.3) is 0 Å². The molecule has 1 amide bonds. The zero-order valence-electron chi connectivity index (χ0n) is 8.36. The number of hydrogen-bond donors (Lipinski definition) is 1. The highest BCUT2D eigenvalue weighted by Gasteiger charge is 2.21. The number of carbonyl (C=O) groups is 1. The fourth-order valence-electron chi connectivity index (χ4n) is 1.55. The van der Waals surface area contributed by atoms with E-state index in [1.807, 2.05) is 19.0 Å². The number of β-amino-alcohol motifs (C(OH)–C–C–N with tert-alkyl or cyclic N) is 1. The van der Waals surface area contributed by atoms with Gasteiger partial charge in [-0.25, -0.2) is 0 Å². The molecule has 1 heterocycles. The van der Waals surface area contributed by atoms with Crippen LogP contribution in [0.5, 0.6) is 0 Å². The van der Waals surface area contributed by atoms with Crippen LogP contribution in [0.15, 0.2) is 0 Å². The number of rotatable bonds is 2. The number of aliphatic hydroxyl groups excluding tert-OH is 1. The van der Waals surface area contributed by atoms with Crippen molar-refractivity contribution in [3.8, 4) is 0 Å². The van der Waals surface area contributed by atoms with Crippen LogP contribution in [0, 0.1) is 0 Å². The predicted octanol–water partition coefficient (Wildman–Crippen LogP) is -0.469. The fourth-order valence-corrected chi connectivity index (χ4v) is 1.55. The Hall–Kier alpha value is -0.610. The Morgan fingerprint density at radius 1 is 1.62 bits per heavy atom. The van der Waals surface area contributed by atoms with Crippen molar-refractivity contribution in [1.82, 2.24) is 9.80 Å². The highest BCUT2D eigenvalue weighted by atomic mass is 16.3. The third kappa shape index (κ3) is 3.32. The van der Waals surface area contributed by atoms with E-state index >= 15 is 0 Å². The first kappa shape index (κ1) is 10.5. The average Bonchev–Trinajstić information content (AvgIpc) is 2.03. The summed E-state index contributed by atoms with van der Waals surface area (Å²) in [5.74, 6) is 0.115. The van der Waals surface area contributed by atoms with Crippen molar-refractivity contribution in [1.29, 1.82) is 0 Å². The summed E-state index contributed by atoms with van der Waals surface area (Å²) in [4.78, 5) is 15.1. The fraction of sp³-hybridized carbons (Fsp3) is 0.889. The maximum absolute atomic E-state index is 11.5. The Kier molecular flexibility index (Phi) is 3.69. The van der Waals surface area contributed by atoms with Crippen LogP contribution >= 0.6 is 0 Å². The van der Waals surface area contributed by atoms with E-state index in [0.29, 0.717) is 13.1 Å². The van der Waals surface area contributed by atoms with E-state index in [-0.39, 0.29) is 12.0 Å². The van der Waals surface area contributed by atoms with Crippen molar-refractivity contribution in [2.24, 2.45) is 0 Å². The average molecular weight is 186 g/mol. The second kappa shape index (κ2) is 4.58. The summed E-state index contributed by atoms with van der Waals surface area (Å²) < 4.78 is 0. The molecule has 4 heteroatoms. The first-order valence-corrected chi connectivity index (χ1v) is 4.70. The molecule has 1 saturated heterocycles. The number of piperidine rings is 1. The number of amides is 1. The van der Waals surface area contributed by atoms with Crippen LogP contribution in [0.3, 0.4) is 0 Å². The minimum atomic E-state index is -0.320. The minimum Gasteiger partial charge on any atom is -0.391 e. The van der Waals surface area contributed by atoms with Gasteiger partial charge in [0.05, 0.1) is 12.6 Å². The molecule has 76 valence electrons. The maximum atomic E-state index is 11.5. The third-order valence-corrected chi connectivity index (χ3v) is 2.20. The van der Waals surface area contributed by atoms with Gasteiger partial charge >= 0.3 is 0 Å². The number of nitrogens with zero attached hydrogens (tertiary/aromatic N) is 2. The van der Waals surface area contributed by atoms with Gasteiger partial charge in [-0.15, -0.1) is 0 Å². The smallest absolute Gasteiger partial charge is 0.236 e. The van der Waals surface area contributed by atoms with E-state index in [9.17, 15) is 9.90 Å². The Morgan fingerprint density at radius 2 is 2.31 bits per heavy atom. The third-order valence-electron chi connectivity index (χ3n) is 2.20. The van der Waals surface area contributed by atoms with E-state index in [1.165, 1.54) is 0 Å². The standard InChI is InChI=1S/C9H18N2O2/c1-10(2)7-9(13)11-5-3-4-8(12)6-11/h8,12H,3-7H2,1-2H3/t8-/m0/s1. The Bertz CT molecular complexity index is 182. The zero-order valence-corrected chi connectivity index (χ0v) is 8.36. The van der Waals surface area contributed by atoms with Crippen LogP contribution in [0.25, 0.3) is 0 Å². The molecule has 1 fully saturated rings. The summed E-state index contributed by atoms with van der Waals surface area (Å²) in [6.45, 7) is 1.74. The molecule has 4 nitrogen and oxygen atoms in total. The lowest BCUT2D eigenvalue weighted by Crippen LogP contribution is -2.45. The molecule has 0 aliphatic carbocycles. The molecule has 0 bridgehead atoms. The van der Waals surface area contributed by atoms with Crippen molar-refractivity contribution in [3.63, 3.8) is 0 Å². The first-order chi connectivity index (χ1) is 6.09. The topological polar surface area (TPSA) is 43.8 Å². The Labute approximate surface area is 79.1 Å². The van der Waals surface area contributed by atoms with E-state index in [0.717, 1.165) is 19.4 Å². The highest BCUT2D eigenvalue weighted by molar-refractivity contribution is 5.78. The molecule has 1 rings (SSSR count). The molecule has 0 saturated carbocycles. The van der Waals surface area contributed by atoms with Gasteiger partial charge < -0.3 is 14.9 Å². The van der Waals surface area contributed by atoms with Gasteiger partial charge in [0.2, 0.25) is 5.91 Å². The number of carbonyl (C=O) groups excluding carboxylic acids is 1. The van der Waals surface area contributed by atoms with Crippen molar-refractivity contribution in [3.05, 3.63) is 0 Å². The lowest BCUT2D eigenvalue weighted by atomic mass is 10.1. The second-order valence-corrected chi connectivity index (χ2v) is 3.87. The lowest BCUT2D eigenvalue weighted by Gasteiger charge is -2.30. The number of hydrogen-bond acceptors (Lipinski definition) is 3.